The molecule has 4 N–H and O–H groups in total. The molecule has 0 spiro atoms. The monoisotopic (exact) mass is 298 g/mol. The number of aromatic amines is 1. The number of nitrogens with zero attached hydrogens (tertiary/aromatic N) is 1. The number of nitrogens with one attached hydrogen (secondary N) is 2. The Bertz CT molecular complexity index is 556. The number of benzene rings is 1. The SMILES string of the molecule is Nc1cc(C(=O)Nc2cn[nH]c2)c(Br)cc1F. The van der Waals surface area contributed by atoms with Gasteiger partial charge in [-0.1, -0.05) is 0 Å². The number of halogens is 2. The van der Waals surface area contributed by atoms with Crippen LogP contribution in [0.4, 0.5) is 15.8 Å². The van der Waals surface area contributed by atoms with Crippen LogP contribution in [0, 0.1) is 5.82 Å². The molecular weight excluding hydrogens is 291 g/mol. The summed E-state index contributed by atoms with van der Waals surface area (Å²) < 4.78 is 13.4. The normalized spacial score (nSPS) is 10.2. The molecule has 0 saturated heterocycles. The van der Waals surface area contributed by atoms with Gasteiger partial charge in [-0.3, -0.25) is 9.89 Å². The van der Waals surface area contributed by atoms with Crippen molar-refractivity contribution in [3.8, 4) is 0 Å². The van der Waals surface area contributed by atoms with Crippen molar-refractivity contribution in [2.45, 2.75) is 0 Å². The van der Waals surface area contributed by atoms with Crippen LogP contribution in [0.25, 0.3) is 0 Å². The van der Waals surface area contributed by atoms with E-state index < -0.39 is 11.7 Å². The van der Waals surface area contributed by atoms with Crippen LogP contribution in [0.15, 0.2) is 29.0 Å². The highest BCUT2D eigenvalue weighted by molar-refractivity contribution is 9.10. The molecule has 0 atom stereocenters. The number of anilines is 2. The largest absolute Gasteiger partial charge is 0.396 e. The Labute approximate surface area is 104 Å². The lowest BCUT2D eigenvalue weighted by molar-refractivity contribution is 0.102. The van der Waals surface area contributed by atoms with E-state index in [9.17, 15) is 9.18 Å². The zero-order valence-electron chi connectivity index (χ0n) is 8.50. The standard InChI is InChI=1S/C10H8BrFN4O/c11-7-2-8(12)9(13)1-6(7)10(17)16-5-3-14-15-4-5/h1-4H,13H2,(H,14,15)(H,16,17). The van der Waals surface area contributed by atoms with Gasteiger partial charge in [-0.05, 0) is 28.1 Å². The van der Waals surface area contributed by atoms with E-state index >= 15 is 0 Å². The summed E-state index contributed by atoms with van der Waals surface area (Å²) in [5.41, 5.74) is 6.10. The van der Waals surface area contributed by atoms with Gasteiger partial charge in [0.25, 0.3) is 5.91 Å². The molecule has 0 fully saturated rings. The van der Waals surface area contributed by atoms with E-state index in [-0.39, 0.29) is 11.3 Å². The number of aromatic nitrogens is 2. The minimum Gasteiger partial charge on any atom is -0.396 e. The first-order valence-corrected chi connectivity index (χ1v) is 5.42. The molecule has 1 aromatic carbocycles. The number of nitrogens with two attached hydrogens (primary N) is 1. The van der Waals surface area contributed by atoms with Crippen LogP contribution in [0.5, 0.6) is 0 Å². The number of H-pyrrole nitrogens is 1. The fraction of sp³-hybridized carbons (Fsp3) is 0. The van der Waals surface area contributed by atoms with Gasteiger partial charge in [-0.2, -0.15) is 5.10 Å². The molecule has 0 radical (unpaired) electrons. The summed E-state index contributed by atoms with van der Waals surface area (Å²) in [5.74, 6) is -0.971. The highest BCUT2D eigenvalue weighted by atomic mass is 79.9. The third-order valence-electron chi connectivity index (χ3n) is 2.09. The van der Waals surface area contributed by atoms with Gasteiger partial charge in [0, 0.05) is 10.7 Å². The lowest BCUT2D eigenvalue weighted by Crippen LogP contribution is -2.13. The second kappa shape index (κ2) is 4.54. The quantitative estimate of drug-likeness (QED) is 0.743. The second-order valence-electron chi connectivity index (χ2n) is 3.29. The fourth-order valence-corrected chi connectivity index (χ4v) is 1.75. The molecule has 5 nitrogen and oxygen atoms in total. The average Bonchev–Trinajstić information content (AvgIpc) is 2.76. The molecule has 0 unspecified atom stereocenters. The third-order valence-corrected chi connectivity index (χ3v) is 2.74. The topological polar surface area (TPSA) is 83.8 Å². The van der Waals surface area contributed by atoms with E-state index in [2.05, 4.69) is 31.4 Å². The van der Waals surface area contributed by atoms with Gasteiger partial charge in [0.05, 0.1) is 23.1 Å². The van der Waals surface area contributed by atoms with E-state index in [4.69, 9.17) is 5.73 Å². The lowest BCUT2D eigenvalue weighted by atomic mass is 10.2. The molecule has 1 heterocycles. The van der Waals surface area contributed by atoms with Crippen molar-refractivity contribution in [3.05, 3.63) is 40.4 Å². The Hall–Kier alpha value is -1.89. The van der Waals surface area contributed by atoms with Crippen LogP contribution in [0.3, 0.4) is 0 Å². The smallest absolute Gasteiger partial charge is 0.256 e. The third kappa shape index (κ3) is 2.44. The van der Waals surface area contributed by atoms with E-state index in [1.54, 1.807) is 0 Å². The van der Waals surface area contributed by atoms with Crippen LogP contribution in [0.1, 0.15) is 10.4 Å². The van der Waals surface area contributed by atoms with Gasteiger partial charge in [0.1, 0.15) is 5.82 Å². The molecule has 7 heteroatoms. The number of hydrogen-bond acceptors (Lipinski definition) is 3. The Balaban J connectivity index is 2.28. The summed E-state index contributed by atoms with van der Waals surface area (Å²) in [4.78, 5) is 11.8. The Morgan fingerprint density at radius 3 is 2.94 bits per heavy atom. The molecule has 1 aromatic heterocycles. The highest BCUT2D eigenvalue weighted by Gasteiger charge is 2.13. The van der Waals surface area contributed by atoms with Gasteiger partial charge < -0.3 is 11.1 Å². The summed E-state index contributed by atoms with van der Waals surface area (Å²) in [6.07, 6.45) is 2.98. The molecule has 0 bridgehead atoms. The molecular formula is C10H8BrFN4O. The van der Waals surface area contributed by atoms with Gasteiger partial charge in [-0.15, -0.1) is 0 Å². The van der Waals surface area contributed by atoms with Crippen molar-refractivity contribution in [1.82, 2.24) is 10.2 Å². The minimum absolute atomic E-state index is 0.0782. The van der Waals surface area contributed by atoms with Crippen molar-refractivity contribution in [2.75, 3.05) is 11.1 Å². The van der Waals surface area contributed by atoms with Gasteiger partial charge in [-0.25, -0.2) is 4.39 Å². The van der Waals surface area contributed by atoms with Crippen molar-refractivity contribution in [2.24, 2.45) is 0 Å². The summed E-state index contributed by atoms with van der Waals surface area (Å²) in [6, 6.07) is 2.43. The molecule has 2 rings (SSSR count). The van der Waals surface area contributed by atoms with E-state index in [1.807, 2.05) is 0 Å². The highest BCUT2D eigenvalue weighted by Crippen LogP contribution is 2.23. The molecule has 0 aliphatic carbocycles. The maximum Gasteiger partial charge on any atom is 0.256 e. The van der Waals surface area contributed by atoms with Crippen LogP contribution in [-0.2, 0) is 0 Å². The first-order chi connectivity index (χ1) is 8.08. The summed E-state index contributed by atoms with van der Waals surface area (Å²) in [7, 11) is 0. The van der Waals surface area contributed by atoms with Crippen LogP contribution in [0.2, 0.25) is 0 Å². The zero-order chi connectivity index (χ0) is 12.4. The lowest BCUT2D eigenvalue weighted by Gasteiger charge is -2.06. The van der Waals surface area contributed by atoms with Crippen molar-refractivity contribution in [1.29, 1.82) is 0 Å². The van der Waals surface area contributed by atoms with Gasteiger partial charge in [0.2, 0.25) is 0 Å². The molecule has 2 aromatic rings. The first-order valence-electron chi connectivity index (χ1n) is 4.62. The predicted molar refractivity (Wildman–Crippen MR) is 65.1 cm³/mol. The van der Waals surface area contributed by atoms with Gasteiger partial charge >= 0.3 is 0 Å². The molecule has 0 saturated carbocycles. The number of nitrogen functional groups attached to an aromatic ring is 1. The summed E-state index contributed by atoms with van der Waals surface area (Å²) in [6.45, 7) is 0. The maximum atomic E-state index is 13.1. The molecule has 0 aliphatic heterocycles. The predicted octanol–water partition coefficient (Wildman–Crippen LogP) is 2.15. The van der Waals surface area contributed by atoms with Crippen LogP contribution >= 0.6 is 15.9 Å². The Morgan fingerprint density at radius 1 is 1.53 bits per heavy atom. The number of carbonyl (C=O) groups is 1. The fourth-order valence-electron chi connectivity index (χ4n) is 1.26. The molecule has 1 amide bonds. The molecule has 0 aliphatic rings. The van der Waals surface area contributed by atoms with Gasteiger partial charge in [0.15, 0.2) is 0 Å². The minimum atomic E-state index is -0.572. The van der Waals surface area contributed by atoms with Crippen molar-refractivity contribution < 1.29 is 9.18 Å². The second-order valence-corrected chi connectivity index (χ2v) is 4.15. The molecule has 88 valence electrons. The molecule has 17 heavy (non-hydrogen) atoms. The number of carbonyl (C=O) groups excluding carboxylic acids is 1. The number of amides is 1. The van der Waals surface area contributed by atoms with E-state index in [1.165, 1.54) is 18.5 Å². The summed E-state index contributed by atoms with van der Waals surface area (Å²) >= 11 is 3.11. The van der Waals surface area contributed by atoms with Crippen LogP contribution < -0.4 is 11.1 Å². The van der Waals surface area contributed by atoms with Crippen molar-refractivity contribution >= 4 is 33.2 Å². The Morgan fingerprint density at radius 2 is 2.29 bits per heavy atom. The number of hydrogen-bond donors (Lipinski definition) is 3. The van der Waals surface area contributed by atoms with Crippen molar-refractivity contribution in [3.63, 3.8) is 0 Å². The van der Waals surface area contributed by atoms with Crippen LogP contribution in [-0.4, -0.2) is 16.1 Å². The first kappa shape index (κ1) is 11.6. The van der Waals surface area contributed by atoms with E-state index in [0.717, 1.165) is 6.07 Å². The zero-order valence-corrected chi connectivity index (χ0v) is 10.1. The maximum absolute atomic E-state index is 13.1. The number of rotatable bonds is 2. The summed E-state index contributed by atoms with van der Waals surface area (Å²) in [5, 5.41) is 8.83. The van der Waals surface area contributed by atoms with E-state index in [0.29, 0.717) is 10.2 Å². The Kier molecular flexibility index (Phi) is 3.10. The average molecular weight is 299 g/mol.